The quantitative estimate of drug-likeness (QED) is 0.675. The number of anilines is 2. The summed E-state index contributed by atoms with van der Waals surface area (Å²) in [5, 5.41) is 4.13. The van der Waals surface area contributed by atoms with Crippen LogP contribution in [0.2, 0.25) is 10.0 Å². The van der Waals surface area contributed by atoms with Crippen molar-refractivity contribution in [2.24, 2.45) is 5.73 Å². The van der Waals surface area contributed by atoms with E-state index in [0.717, 1.165) is 24.9 Å². The first kappa shape index (κ1) is 19.5. The SMILES string of the molecule is CC.NCCCCNc1cc(-c2cccc(Cl)c2Cl)nc(N)n1. The van der Waals surface area contributed by atoms with E-state index in [1.807, 2.05) is 26.0 Å². The van der Waals surface area contributed by atoms with Gasteiger partial charge < -0.3 is 16.8 Å². The Balaban J connectivity index is 0.00000127. The van der Waals surface area contributed by atoms with Crippen molar-refractivity contribution in [3.05, 3.63) is 34.3 Å². The summed E-state index contributed by atoms with van der Waals surface area (Å²) < 4.78 is 0. The van der Waals surface area contributed by atoms with E-state index in [4.69, 9.17) is 34.7 Å². The lowest BCUT2D eigenvalue weighted by atomic mass is 10.1. The van der Waals surface area contributed by atoms with Gasteiger partial charge in [0.15, 0.2) is 0 Å². The number of hydrogen-bond acceptors (Lipinski definition) is 5. The summed E-state index contributed by atoms with van der Waals surface area (Å²) in [4.78, 5) is 8.37. The van der Waals surface area contributed by atoms with Crippen LogP contribution in [0.3, 0.4) is 0 Å². The highest BCUT2D eigenvalue weighted by Crippen LogP contribution is 2.33. The third-order valence-corrected chi connectivity index (χ3v) is 3.73. The fourth-order valence-electron chi connectivity index (χ4n) is 1.88. The van der Waals surface area contributed by atoms with E-state index in [9.17, 15) is 0 Å². The van der Waals surface area contributed by atoms with Crippen LogP contribution in [0.4, 0.5) is 11.8 Å². The van der Waals surface area contributed by atoms with Gasteiger partial charge in [0, 0.05) is 18.2 Å². The second-order valence-corrected chi connectivity index (χ2v) is 5.31. The maximum atomic E-state index is 6.21. The fourth-order valence-corrected chi connectivity index (χ4v) is 2.28. The van der Waals surface area contributed by atoms with E-state index in [1.54, 1.807) is 12.1 Å². The van der Waals surface area contributed by atoms with Gasteiger partial charge in [-0.1, -0.05) is 49.2 Å². The number of benzene rings is 1. The van der Waals surface area contributed by atoms with Crippen molar-refractivity contribution in [2.45, 2.75) is 26.7 Å². The topological polar surface area (TPSA) is 89.8 Å². The number of rotatable bonds is 6. The van der Waals surface area contributed by atoms with Crippen molar-refractivity contribution >= 4 is 35.0 Å². The molecular weight excluding hydrogens is 333 g/mol. The molecule has 126 valence electrons. The third kappa shape index (κ3) is 5.86. The van der Waals surface area contributed by atoms with Crippen LogP contribution >= 0.6 is 23.2 Å². The number of nitrogen functional groups attached to an aromatic ring is 1. The van der Waals surface area contributed by atoms with Crippen LogP contribution in [0.5, 0.6) is 0 Å². The maximum Gasteiger partial charge on any atom is 0.222 e. The zero-order valence-corrected chi connectivity index (χ0v) is 15.0. The molecule has 5 nitrogen and oxygen atoms in total. The largest absolute Gasteiger partial charge is 0.370 e. The first-order valence-corrected chi connectivity index (χ1v) is 8.40. The second-order valence-electron chi connectivity index (χ2n) is 4.52. The van der Waals surface area contributed by atoms with Gasteiger partial charge in [-0.2, -0.15) is 4.98 Å². The maximum absolute atomic E-state index is 6.21. The Hall–Kier alpha value is -1.56. The van der Waals surface area contributed by atoms with Crippen molar-refractivity contribution in [3.63, 3.8) is 0 Å². The van der Waals surface area contributed by atoms with Gasteiger partial charge in [-0.15, -0.1) is 0 Å². The summed E-state index contributed by atoms with van der Waals surface area (Å²) >= 11 is 12.2. The first-order chi connectivity index (χ1) is 11.1. The molecule has 0 saturated heterocycles. The minimum absolute atomic E-state index is 0.185. The summed E-state index contributed by atoms with van der Waals surface area (Å²) in [5.41, 5.74) is 12.6. The molecule has 0 bridgehead atoms. The van der Waals surface area contributed by atoms with Crippen LogP contribution in [-0.2, 0) is 0 Å². The Morgan fingerprint density at radius 2 is 1.87 bits per heavy atom. The fraction of sp³-hybridized carbons (Fsp3) is 0.375. The molecule has 0 aliphatic rings. The molecule has 0 radical (unpaired) electrons. The van der Waals surface area contributed by atoms with Gasteiger partial charge in [0.2, 0.25) is 5.95 Å². The molecule has 2 rings (SSSR count). The Bertz CT molecular complexity index is 619. The predicted molar refractivity (Wildman–Crippen MR) is 100 cm³/mol. The zero-order valence-electron chi connectivity index (χ0n) is 13.4. The molecule has 0 unspecified atom stereocenters. The molecule has 0 saturated carbocycles. The van der Waals surface area contributed by atoms with Gasteiger partial charge in [0.05, 0.1) is 15.7 Å². The van der Waals surface area contributed by atoms with E-state index < -0.39 is 0 Å². The van der Waals surface area contributed by atoms with Crippen LogP contribution in [0.25, 0.3) is 11.3 Å². The number of nitrogens with one attached hydrogen (secondary N) is 1. The van der Waals surface area contributed by atoms with E-state index >= 15 is 0 Å². The molecule has 1 aromatic carbocycles. The standard InChI is InChI=1S/C14H17Cl2N5.C2H6/c15-10-5-3-4-9(13(10)16)11-8-12(21-14(18)20-11)19-7-2-1-6-17;1-2/h3-5,8H,1-2,6-7,17H2,(H3,18,19,20,21);1-2H3. The van der Waals surface area contributed by atoms with Gasteiger partial charge >= 0.3 is 0 Å². The van der Waals surface area contributed by atoms with Crippen molar-refractivity contribution in [1.29, 1.82) is 0 Å². The first-order valence-electron chi connectivity index (χ1n) is 7.64. The van der Waals surface area contributed by atoms with Crippen molar-refractivity contribution in [3.8, 4) is 11.3 Å². The Morgan fingerprint density at radius 3 is 2.57 bits per heavy atom. The molecule has 0 atom stereocenters. The van der Waals surface area contributed by atoms with Crippen molar-refractivity contribution < 1.29 is 0 Å². The number of hydrogen-bond donors (Lipinski definition) is 3. The molecule has 7 heteroatoms. The smallest absolute Gasteiger partial charge is 0.222 e. The summed E-state index contributed by atoms with van der Waals surface area (Å²) in [6, 6.07) is 7.19. The van der Waals surface area contributed by atoms with E-state index in [1.165, 1.54) is 0 Å². The number of nitrogens with zero attached hydrogens (tertiary/aromatic N) is 2. The van der Waals surface area contributed by atoms with Crippen molar-refractivity contribution in [2.75, 3.05) is 24.1 Å². The van der Waals surface area contributed by atoms with Crippen LogP contribution in [0, 0.1) is 0 Å². The Morgan fingerprint density at radius 1 is 1.13 bits per heavy atom. The number of nitrogens with two attached hydrogens (primary N) is 2. The lowest BCUT2D eigenvalue weighted by Gasteiger charge is -2.10. The van der Waals surface area contributed by atoms with Crippen LogP contribution < -0.4 is 16.8 Å². The van der Waals surface area contributed by atoms with Gasteiger partial charge in [-0.3, -0.25) is 0 Å². The van der Waals surface area contributed by atoms with Crippen molar-refractivity contribution in [1.82, 2.24) is 9.97 Å². The second kappa shape index (κ2) is 10.3. The molecule has 0 aliphatic carbocycles. The normalized spacial score (nSPS) is 9.96. The average Bonchev–Trinajstić information content (AvgIpc) is 2.55. The molecule has 2 aromatic rings. The molecule has 1 aromatic heterocycles. The van der Waals surface area contributed by atoms with Gasteiger partial charge in [-0.25, -0.2) is 4.98 Å². The minimum Gasteiger partial charge on any atom is -0.370 e. The lowest BCUT2D eigenvalue weighted by Crippen LogP contribution is -2.08. The van der Waals surface area contributed by atoms with Gasteiger partial charge in [0.25, 0.3) is 0 Å². The van der Waals surface area contributed by atoms with Gasteiger partial charge in [-0.05, 0) is 25.5 Å². The zero-order chi connectivity index (χ0) is 17.2. The highest BCUT2D eigenvalue weighted by Gasteiger charge is 2.10. The highest BCUT2D eigenvalue weighted by atomic mass is 35.5. The number of halogens is 2. The van der Waals surface area contributed by atoms with E-state index in [2.05, 4.69) is 15.3 Å². The van der Waals surface area contributed by atoms with Gasteiger partial charge in [0.1, 0.15) is 5.82 Å². The van der Waals surface area contributed by atoms with Crippen LogP contribution in [0.15, 0.2) is 24.3 Å². The van der Waals surface area contributed by atoms with Crippen LogP contribution in [-0.4, -0.2) is 23.1 Å². The average molecular weight is 356 g/mol. The molecule has 0 aliphatic heterocycles. The van der Waals surface area contributed by atoms with Crippen LogP contribution in [0.1, 0.15) is 26.7 Å². The monoisotopic (exact) mass is 355 g/mol. The highest BCUT2D eigenvalue weighted by molar-refractivity contribution is 6.43. The Kier molecular flexibility index (Phi) is 8.69. The Labute approximate surface area is 147 Å². The number of aromatic nitrogens is 2. The van der Waals surface area contributed by atoms with E-state index in [-0.39, 0.29) is 5.95 Å². The minimum atomic E-state index is 0.185. The third-order valence-electron chi connectivity index (χ3n) is 2.91. The lowest BCUT2D eigenvalue weighted by molar-refractivity contribution is 0.772. The molecule has 0 spiro atoms. The summed E-state index contributed by atoms with van der Waals surface area (Å²) in [7, 11) is 0. The summed E-state index contributed by atoms with van der Waals surface area (Å²) in [5.74, 6) is 0.843. The predicted octanol–water partition coefficient (Wildman–Crippen LogP) is 4.21. The summed E-state index contributed by atoms with van der Waals surface area (Å²) in [6.45, 7) is 5.45. The summed E-state index contributed by atoms with van der Waals surface area (Å²) in [6.07, 6.45) is 1.92. The molecular formula is C16H23Cl2N5. The molecule has 1 heterocycles. The van der Waals surface area contributed by atoms with E-state index in [0.29, 0.717) is 28.1 Å². The molecule has 0 amide bonds. The number of unbranched alkanes of at least 4 members (excludes halogenated alkanes) is 1. The molecule has 0 fully saturated rings. The molecule has 5 N–H and O–H groups in total. The molecule has 23 heavy (non-hydrogen) atoms.